The summed E-state index contributed by atoms with van der Waals surface area (Å²) in [6.07, 6.45) is 1.66. The van der Waals surface area contributed by atoms with E-state index in [1.54, 1.807) is 30.3 Å². The number of amidine groups is 1. The van der Waals surface area contributed by atoms with Crippen molar-refractivity contribution < 1.29 is 19.2 Å². The molecular weight excluding hydrogens is 468 g/mol. The molecule has 0 aliphatic carbocycles. The molecule has 0 aromatic heterocycles. The molecule has 0 unspecified atom stereocenters. The number of nitrogens with one attached hydrogen (secondary N) is 2. The molecule has 1 saturated heterocycles. The molecule has 2 N–H and O–H groups in total. The average Bonchev–Trinajstić information content (AvgIpc) is 3.21. The molecule has 0 spiro atoms. The highest BCUT2D eigenvalue weighted by Gasteiger charge is 2.24. The standard InChI is InChI=1S/C25H20N4O5S/c30-23(26-15-17-6-2-1-3-7-17)16-34-21-9-5-4-8-18(21)14-22-24(31)28-25(35-22)27-19-10-12-20(13-11-19)29(32)33/h1-14H,15-16H2,(H,26,30)(H,27,28,31)/b22-14-. The Morgan fingerprint density at radius 2 is 1.77 bits per heavy atom. The molecule has 0 radical (unpaired) electrons. The molecule has 3 aromatic carbocycles. The maximum absolute atomic E-state index is 12.4. The third-order valence-electron chi connectivity index (χ3n) is 4.84. The van der Waals surface area contributed by atoms with E-state index >= 15 is 0 Å². The zero-order valence-electron chi connectivity index (χ0n) is 18.3. The van der Waals surface area contributed by atoms with Crippen LogP contribution < -0.4 is 15.4 Å². The van der Waals surface area contributed by atoms with Gasteiger partial charge in [0.25, 0.3) is 17.5 Å². The molecule has 3 aromatic rings. The number of benzene rings is 3. The summed E-state index contributed by atoms with van der Waals surface area (Å²) in [5, 5.41) is 16.6. The minimum atomic E-state index is -0.490. The van der Waals surface area contributed by atoms with Crippen molar-refractivity contribution in [3.63, 3.8) is 0 Å². The van der Waals surface area contributed by atoms with Crippen LogP contribution in [0.15, 0.2) is 88.8 Å². The number of nitro groups is 1. The van der Waals surface area contributed by atoms with Crippen molar-refractivity contribution in [2.45, 2.75) is 6.54 Å². The number of thioether (sulfide) groups is 1. The van der Waals surface area contributed by atoms with Gasteiger partial charge < -0.3 is 15.4 Å². The van der Waals surface area contributed by atoms with Gasteiger partial charge in [-0.15, -0.1) is 0 Å². The zero-order chi connectivity index (χ0) is 24.6. The highest BCUT2D eigenvalue weighted by molar-refractivity contribution is 8.18. The fraction of sp³-hybridized carbons (Fsp3) is 0.0800. The van der Waals surface area contributed by atoms with Crippen LogP contribution in [0.1, 0.15) is 11.1 Å². The first-order valence-corrected chi connectivity index (χ1v) is 11.4. The minimum Gasteiger partial charge on any atom is -0.483 e. The molecule has 9 nitrogen and oxygen atoms in total. The van der Waals surface area contributed by atoms with Crippen LogP contribution in [0.25, 0.3) is 6.08 Å². The van der Waals surface area contributed by atoms with Gasteiger partial charge in [-0.1, -0.05) is 48.5 Å². The van der Waals surface area contributed by atoms with Crippen LogP contribution in [-0.4, -0.2) is 28.5 Å². The van der Waals surface area contributed by atoms with E-state index in [1.165, 1.54) is 24.3 Å². The van der Waals surface area contributed by atoms with Crippen LogP contribution in [0.2, 0.25) is 0 Å². The number of carbonyl (C=O) groups is 2. The molecule has 10 heteroatoms. The van der Waals surface area contributed by atoms with E-state index in [-0.39, 0.29) is 24.1 Å². The molecule has 1 fully saturated rings. The fourth-order valence-corrected chi connectivity index (χ4v) is 3.94. The number of para-hydroxylation sites is 1. The van der Waals surface area contributed by atoms with Crippen molar-refractivity contribution in [2.75, 3.05) is 6.61 Å². The SMILES string of the molecule is O=C(COc1ccccc1/C=C1\SC(=Nc2ccc([N+](=O)[O-])cc2)NC1=O)NCc1ccccc1. The molecule has 35 heavy (non-hydrogen) atoms. The van der Waals surface area contributed by atoms with Gasteiger partial charge in [0.2, 0.25) is 0 Å². The van der Waals surface area contributed by atoms with Crippen LogP contribution in [0.5, 0.6) is 5.75 Å². The van der Waals surface area contributed by atoms with Crippen molar-refractivity contribution in [1.82, 2.24) is 10.6 Å². The summed E-state index contributed by atoms with van der Waals surface area (Å²) in [4.78, 5) is 39.7. The third kappa shape index (κ3) is 6.55. The highest BCUT2D eigenvalue weighted by atomic mass is 32.2. The predicted octanol–water partition coefficient (Wildman–Crippen LogP) is 4.18. The molecular formula is C25H20N4O5S. The predicted molar refractivity (Wildman–Crippen MR) is 134 cm³/mol. The number of carbonyl (C=O) groups excluding carboxylic acids is 2. The van der Waals surface area contributed by atoms with Crippen LogP contribution in [0.3, 0.4) is 0 Å². The topological polar surface area (TPSA) is 123 Å². The summed E-state index contributed by atoms with van der Waals surface area (Å²) in [5.41, 5.74) is 2.06. The number of amides is 2. The number of nitrogens with zero attached hydrogens (tertiary/aromatic N) is 2. The van der Waals surface area contributed by atoms with Crippen LogP contribution >= 0.6 is 11.8 Å². The third-order valence-corrected chi connectivity index (χ3v) is 5.75. The highest BCUT2D eigenvalue weighted by Crippen LogP contribution is 2.31. The van der Waals surface area contributed by atoms with Crippen molar-refractivity contribution in [3.05, 3.63) is 105 Å². The number of rotatable bonds is 8. The van der Waals surface area contributed by atoms with Gasteiger partial charge in [-0.3, -0.25) is 19.7 Å². The van der Waals surface area contributed by atoms with Crippen molar-refractivity contribution in [3.8, 4) is 5.75 Å². The number of hydrogen-bond donors (Lipinski definition) is 2. The first-order chi connectivity index (χ1) is 17.0. The lowest BCUT2D eigenvalue weighted by Crippen LogP contribution is -2.28. The summed E-state index contributed by atoms with van der Waals surface area (Å²) in [5.74, 6) is -0.128. The summed E-state index contributed by atoms with van der Waals surface area (Å²) >= 11 is 1.14. The Balaban J connectivity index is 1.40. The maximum atomic E-state index is 12.4. The van der Waals surface area contributed by atoms with E-state index in [0.717, 1.165) is 17.3 Å². The first-order valence-electron chi connectivity index (χ1n) is 10.5. The average molecular weight is 489 g/mol. The second-order valence-electron chi connectivity index (χ2n) is 7.34. The number of nitro benzene ring substituents is 1. The number of hydrogen-bond acceptors (Lipinski definition) is 7. The van der Waals surface area contributed by atoms with Crippen molar-refractivity contribution >= 4 is 46.2 Å². The Morgan fingerprint density at radius 1 is 1.06 bits per heavy atom. The molecule has 1 aliphatic heterocycles. The molecule has 4 rings (SSSR count). The maximum Gasteiger partial charge on any atom is 0.269 e. The molecule has 0 bridgehead atoms. The molecule has 176 valence electrons. The normalized spacial score (nSPS) is 15.1. The number of ether oxygens (including phenoxy) is 1. The Kier molecular flexibility index (Phi) is 7.53. The minimum absolute atomic E-state index is 0.0389. The lowest BCUT2D eigenvalue weighted by atomic mass is 10.2. The Morgan fingerprint density at radius 3 is 2.51 bits per heavy atom. The molecule has 1 aliphatic rings. The van der Waals surface area contributed by atoms with Gasteiger partial charge in [-0.25, -0.2) is 4.99 Å². The largest absolute Gasteiger partial charge is 0.483 e. The van der Waals surface area contributed by atoms with Gasteiger partial charge in [-0.05, 0) is 41.6 Å². The van der Waals surface area contributed by atoms with E-state index in [2.05, 4.69) is 15.6 Å². The van der Waals surface area contributed by atoms with Crippen LogP contribution in [0.4, 0.5) is 11.4 Å². The van der Waals surface area contributed by atoms with Gasteiger partial charge in [0, 0.05) is 24.2 Å². The lowest BCUT2D eigenvalue weighted by molar-refractivity contribution is -0.384. The summed E-state index contributed by atoms with van der Waals surface area (Å²) < 4.78 is 5.70. The molecule has 2 amide bonds. The monoisotopic (exact) mass is 488 g/mol. The Labute approximate surface area is 205 Å². The Bertz CT molecular complexity index is 1310. The second-order valence-corrected chi connectivity index (χ2v) is 8.37. The van der Waals surface area contributed by atoms with E-state index in [1.807, 2.05) is 30.3 Å². The van der Waals surface area contributed by atoms with E-state index in [4.69, 9.17) is 4.74 Å². The lowest BCUT2D eigenvalue weighted by Gasteiger charge is -2.10. The summed E-state index contributed by atoms with van der Waals surface area (Å²) in [6, 6.07) is 22.4. The van der Waals surface area contributed by atoms with E-state index in [9.17, 15) is 19.7 Å². The van der Waals surface area contributed by atoms with Gasteiger partial charge in [-0.2, -0.15) is 0 Å². The Hall–Kier alpha value is -4.44. The summed E-state index contributed by atoms with van der Waals surface area (Å²) in [7, 11) is 0. The smallest absolute Gasteiger partial charge is 0.269 e. The number of aliphatic imine (C=N–C) groups is 1. The van der Waals surface area contributed by atoms with Gasteiger partial charge >= 0.3 is 0 Å². The summed E-state index contributed by atoms with van der Waals surface area (Å²) in [6.45, 7) is 0.238. The molecule has 0 saturated carbocycles. The zero-order valence-corrected chi connectivity index (χ0v) is 19.2. The fourth-order valence-electron chi connectivity index (χ4n) is 3.11. The number of non-ortho nitro benzene ring substituents is 1. The second kappa shape index (κ2) is 11.1. The van der Waals surface area contributed by atoms with Gasteiger partial charge in [0.15, 0.2) is 11.8 Å². The molecule has 0 atom stereocenters. The van der Waals surface area contributed by atoms with E-state index in [0.29, 0.717) is 33.6 Å². The van der Waals surface area contributed by atoms with E-state index < -0.39 is 4.92 Å². The quantitative estimate of drug-likeness (QED) is 0.279. The molecule has 1 heterocycles. The van der Waals surface area contributed by atoms with Gasteiger partial charge in [0.05, 0.1) is 15.5 Å². The van der Waals surface area contributed by atoms with Gasteiger partial charge in [0.1, 0.15) is 5.75 Å². The van der Waals surface area contributed by atoms with Crippen molar-refractivity contribution in [2.24, 2.45) is 4.99 Å². The van der Waals surface area contributed by atoms with Crippen LogP contribution in [-0.2, 0) is 16.1 Å². The van der Waals surface area contributed by atoms with Crippen molar-refractivity contribution in [1.29, 1.82) is 0 Å². The first kappa shape index (κ1) is 23.7. The van der Waals surface area contributed by atoms with Crippen LogP contribution in [0, 0.1) is 10.1 Å².